The average Bonchev–Trinajstić information content (AvgIpc) is 3.29. The SMILES string of the molecule is Cl.Cl.O=C(NCCc1nc2ccccc2[nH]1)c1ccn(C2CCCNC2)n1. The summed E-state index contributed by atoms with van der Waals surface area (Å²) >= 11 is 0. The lowest BCUT2D eigenvalue weighted by Crippen LogP contribution is -2.32. The molecule has 1 unspecified atom stereocenters. The van der Waals surface area contributed by atoms with Gasteiger partial charge in [0.25, 0.3) is 5.91 Å². The summed E-state index contributed by atoms with van der Waals surface area (Å²) in [5.41, 5.74) is 2.43. The van der Waals surface area contributed by atoms with Crippen LogP contribution in [0, 0.1) is 0 Å². The van der Waals surface area contributed by atoms with E-state index in [2.05, 4.69) is 25.7 Å². The molecule has 1 aliphatic rings. The molecule has 0 radical (unpaired) electrons. The van der Waals surface area contributed by atoms with Crippen molar-refractivity contribution in [2.45, 2.75) is 25.3 Å². The van der Waals surface area contributed by atoms with E-state index in [1.807, 2.05) is 35.1 Å². The minimum atomic E-state index is -0.140. The molecule has 9 heteroatoms. The fraction of sp³-hybridized carbons (Fsp3) is 0.389. The van der Waals surface area contributed by atoms with Gasteiger partial charge in [0.15, 0.2) is 0 Å². The molecule has 0 bridgehead atoms. The third-order valence-corrected chi connectivity index (χ3v) is 4.57. The number of hydrogen-bond donors (Lipinski definition) is 3. The van der Waals surface area contributed by atoms with Crippen LogP contribution in [0.1, 0.15) is 35.2 Å². The molecule has 1 aliphatic heterocycles. The summed E-state index contributed by atoms with van der Waals surface area (Å²) in [6.07, 6.45) is 4.80. The monoisotopic (exact) mass is 410 g/mol. The van der Waals surface area contributed by atoms with E-state index in [4.69, 9.17) is 0 Å². The van der Waals surface area contributed by atoms with Gasteiger partial charge in [0.05, 0.1) is 17.1 Å². The molecular formula is C18H24Cl2N6O. The normalized spacial score (nSPS) is 16.4. The third kappa shape index (κ3) is 5.00. The van der Waals surface area contributed by atoms with Gasteiger partial charge < -0.3 is 15.6 Å². The number of carbonyl (C=O) groups excluding carboxylic acids is 1. The van der Waals surface area contributed by atoms with E-state index in [0.717, 1.165) is 42.8 Å². The number of nitrogens with one attached hydrogen (secondary N) is 3. The number of carbonyl (C=O) groups is 1. The lowest BCUT2D eigenvalue weighted by Gasteiger charge is -2.22. The number of H-pyrrole nitrogens is 1. The Labute approximate surface area is 170 Å². The average molecular weight is 411 g/mol. The minimum absolute atomic E-state index is 0. The van der Waals surface area contributed by atoms with Crippen LogP contribution >= 0.6 is 24.8 Å². The molecule has 3 heterocycles. The van der Waals surface area contributed by atoms with E-state index in [1.54, 1.807) is 6.07 Å². The number of rotatable bonds is 5. The zero-order valence-corrected chi connectivity index (χ0v) is 16.5. The van der Waals surface area contributed by atoms with Crippen molar-refractivity contribution in [1.82, 2.24) is 30.4 Å². The minimum Gasteiger partial charge on any atom is -0.350 e. The van der Waals surface area contributed by atoms with Crippen molar-refractivity contribution in [3.63, 3.8) is 0 Å². The smallest absolute Gasteiger partial charge is 0.271 e. The summed E-state index contributed by atoms with van der Waals surface area (Å²) in [4.78, 5) is 20.1. The highest BCUT2D eigenvalue weighted by Gasteiger charge is 2.17. The molecule has 0 aliphatic carbocycles. The number of fused-ring (bicyclic) bond motifs is 1. The number of halogens is 2. The number of piperidine rings is 1. The molecular weight excluding hydrogens is 387 g/mol. The molecule has 1 atom stereocenters. The van der Waals surface area contributed by atoms with Gasteiger partial charge in [-0.2, -0.15) is 5.10 Å². The lowest BCUT2D eigenvalue weighted by atomic mass is 10.1. The highest BCUT2D eigenvalue weighted by molar-refractivity contribution is 5.92. The standard InChI is InChI=1S/C18H22N6O.2ClH/c25-18(16-8-11-24(23-16)13-4-3-9-19-12-13)20-10-7-17-21-14-5-1-2-6-15(14)22-17;;/h1-2,5-6,8,11,13,19H,3-4,7,9-10,12H2,(H,20,25)(H,21,22);2*1H. The van der Waals surface area contributed by atoms with Crippen LogP contribution in [0.5, 0.6) is 0 Å². The number of nitrogens with zero attached hydrogens (tertiary/aromatic N) is 3. The van der Waals surface area contributed by atoms with Crippen LogP contribution in [0.4, 0.5) is 0 Å². The van der Waals surface area contributed by atoms with Gasteiger partial charge in [0, 0.05) is 25.7 Å². The zero-order valence-electron chi connectivity index (χ0n) is 14.9. The van der Waals surface area contributed by atoms with Gasteiger partial charge in [-0.05, 0) is 37.6 Å². The number of hydrogen-bond acceptors (Lipinski definition) is 4. The number of imidazole rings is 1. The Balaban J connectivity index is 0.00000131. The maximum Gasteiger partial charge on any atom is 0.271 e. The summed E-state index contributed by atoms with van der Waals surface area (Å²) in [7, 11) is 0. The molecule has 4 rings (SSSR count). The van der Waals surface area contributed by atoms with Crippen LogP contribution in [-0.2, 0) is 6.42 Å². The summed E-state index contributed by atoms with van der Waals surface area (Å²) in [5.74, 6) is 0.735. The molecule has 0 spiro atoms. The van der Waals surface area contributed by atoms with Gasteiger partial charge in [-0.1, -0.05) is 12.1 Å². The molecule has 2 aromatic heterocycles. The summed E-state index contributed by atoms with van der Waals surface area (Å²) in [6.45, 7) is 2.50. The first-order chi connectivity index (χ1) is 12.3. The highest BCUT2D eigenvalue weighted by Crippen LogP contribution is 2.15. The van der Waals surface area contributed by atoms with E-state index in [-0.39, 0.29) is 30.7 Å². The van der Waals surface area contributed by atoms with Crippen molar-refractivity contribution in [1.29, 1.82) is 0 Å². The second-order valence-electron chi connectivity index (χ2n) is 6.39. The van der Waals surface area contributed by atoms with Crippen LogP contribution in [0.3, 0.4) is 0 Å². The molecule has 27 heavy (non-hydrogen) atoms. The first kappa shape index (κ1) is 21.2. The van der Waals surface area contributed by atoms with Gasteiger partial charge in [-0.15, -0.1) is 24.8 Å². The Hall–Kier alpha value is -2.09. The maximum atomic E-state index is 12.3. The number of amides is 1. The molecule has 1 fully saturated rings. The first-order valence-corrected chi connectivity index (χ1v) is 8.77. The van der Waals surface area contributed by atoms with E-state index in [0.29, 0.717) is 24.7 Å². The van der Waals surface area contributed by atoms with Crippen molar-refractivity contribution in [2.24, 2.45) is 0 Å². The molecule has 0 saturated carbocycles. The van der Waals surface area contributed by atoms with Crippen molar-refractivity contribution < 1.29 is 4.79 Å². The highest BCUT2D eigenvalue weighted by atomic mass is 35.5. The van der Waals surface area contributed by atoms with Crippen molar-refractivity contribution in [2.75, 3.05) is 19.6 Å². The van der Waals surface area contributed by atoms with Crippen LogP contribution in [0.2, 0.25) is 0 Å². The summed E-state index contributed by atoms with van der Waals surface area (Å²) in [6, 6.07) is 10.0. The van der Waals surface area contributed by atoms with Crippen molar-refractivity contribution in [3.05, 3.63) is 48.0 Å². The molecule has 3 N–H and O–H groups in total. The summed E-state index contributed by atoms with van der Waals surface area (Å²) < 4.78 is 1.90. The second kappa shape index (κ2) is 9.73. The number of benzene rings is 1. The predicted octanol–water partition coefficient (Wildman–Crippen LogP) is 2.50. The van der Waals surface area contributed by atoms with Gasteiger partial charge >= 0.3 is 0 Å². The van der Waals surface area contributed by atoms with Gasteiger partial charge in [0.1, 0.15) is 11.5 Å². The van der Waals surface area contributed by atoms with E-state index in [9.17, 15) is 4.79 Å². The molecule has 1 aromatic carbocycles. The van der Waals surface area contributed by atoms with Gasteiger partial charge in [-0.25, -0.2) is 4.98 Å². The van der Waals surface area contributed by atoms with Crippen LogP contribution < -0.4 is 10.6 Å². The predicted molar refractivity (Wildman–Crippen MR) is 110 cm³/mol. The number of para-hydroxylation sites is 2. The Morgan fingerprint density at radius 3 is 2.89 bits per heavy atom. The molecule has 3 aromatic rings. The summed E-state index contributed by atoms with van der Waals surface area (Å²) in [5, 5.41) is 10.7. The second-order valence-corrected chi connectivity index (χ2v) is 6.39. The number of aromatic nitrogens is 4. The Morgan fingerprint density at radius 1 is 1.26 bits per heavy atom. The van der Waals surface area contributed by atoms with Crippen LogP contribution in [-0.4, -0.2) is 45.3 Å². The van der Waals surface area contributed by atoms with E-state index < -0.39 is 0 Å². The fourth-order valence-corrected chi connectivity index (χ4v) is 3.23. The molecule has 1 saturated heterocycles. The van der Waals surface area contributed by atoms with Crippen LogP contribution in [0.15, 0.2) is 36.5 Å². The Morgan fingerprint density at radius 2 is 2.11 bits per heavy atom. The van der Waals surface area contributed by atoms with Crippen molar-refractivity contribution in [3.8, 4) is 0 Å². The van der Waals surface area contributed by atoms with Gasteiger partial charge in [0.2, 0.25) is 0 Å². The molecule has 146 valence electrons. The van der Waals surface area contributed by atoms with Crippen LogP contribution in [0.25, 0.3) is 11.0 Å². The van der Waals surface area contributed by atoms with Crippen molar-refractivity contribution >= 4 is 41.8 Å². The van der Waals surface area contributed by atoms with E-state index in [1.165, 1.54) is 0 Å². The topological polar surface area (TPSA) is 87.6 Å². The van der Waals surface area contributed by atoms with E-state index >= 15 is 0 Å². The Kier molecular flexibility index (Phi) is 7.65. The quantitative estimate of drug-likeness (QED) is 0.602. The Bertz CT molecular complexity index is 838. The largest absolute Gasteiger partial charge is 0.350 e. The molecule has 7 nitrogen and oxygen atoms in total. The third-order valence-electron chi connectivity index (χ3n) is 4.57. The number of aromatic amines is 1. The van der Waals surface area contributed by atoms with Gasteiger partial charge in [-0.3, -0.25) is 9.48 Å². The zero-order chi connectivity index (χ0) is 17.1. The maximum absolute atomic E-state index is 12.3. The fourth-order valence-electron chi connectivity index (χ4n) is 3.23. The molecule has 1 amide bonds. The first-order valence-electron chi connectivity index (χ1n) is 8.77. The lowest BCUT2D eigenvalue weighted by molar-refractivity contribution is 0.0947.